The molecule has 4 heteroatoms. The second kappa shape index (κ2) is 6.34. The lowest BCUT2D eigenvalue weighted by Crippen LogP contribution is -2.28. The molecule has 2 fully saturated rings. The zero-order chi connectivity index (χ0) is 15.7. The van der Waals surface area contributed by atoms with E-state index in [4.69, 9.17) is 0 Å². The summed E-state index contributed by atoms with van der Waals surface area (Å²) in [4.78, 5) is 2.53. The van der Waals surface area contributed by atoms with Gasteiger partial charge in [-0.1, -0.05) is 34.7 Å². The molecule has 0 amide bonds. The van der Waals surface area contributed by atoms with Crippen molar-refractivity contribution in [3.63, 3.8) is 0 Å². The average Bonchev–Trinajstić information content (AvgIpc) is 3.00. The highest BCUT2D eigenvalue weighted by atomic mass is 32.2. The second-order valence-corrected chi connectivity index (χ2v) is 9.43. The van der Waals surface area contributed by atoms with Crippen LogP contribution in [0.5, 0.6) is 0 Å². The molecule has 0 aromatic heterocycles. The van der Waals surface area contributed by atoms with Gasteiger partial charge in [0.25, 0.3) is 0 Å². The number of hydrogen-bond acceptors (Lipinski definition) is 3. The van der Waals surface area contributed by atoms with Crippen molar-refractivity contribution in [1.82, 2.24) is 4.90 Å². The SMILES string of the molecule is CC(C)(C)[S+]([O-])/N=C1/CC[C@@H]2CN(Cc3ccccc3)C[C@H]12. The van der Waals surface area contributed by atoms with E-state index in [-0.39, 0.29) is 4.75 Å². The summed E-state index contributed by atoms with van der Waals surface area (Å²) in [7, 11) is 0. The van der Waals surface area contributed by atoms with Gasteiger partial charge >= 0.3 is 0 Å². The molecule has 1 aromatic rings. The van der Waals surface area contributed by atoms with Crippen molar-refractivity contribution in [3.8, 4) is 0 Å². The molecule has 0 radical (unpaired) electrons. The van der Waals surface area contributed by atoms with Gasteiger partial charge in [0.15, 0.2) is 0 Å². The highest BCUT2D eigenvalue weighted by molar-refractivity contribution is 7.91. The number of rotatable bonds is 3. The Balaban J connectivity index is 1.65. The minimum absolute atomic E-state index is 0.257. The molecule has 0 N–H and O–H groups in total. The maximum Gasteiger partial charge on any atom is 0.144 e. The Morgan fingerprint density at radius 3 is 2.64 bits per heavy atom. The number of fused-ring (bicyclic) bond motifs is 1. The molecule has 2 aliphatic rings. The molecule has 1 aromatic carbocycles. The molecule has 1 aliphatic heterocycles. The maximum absolute atomic E-state index is 12.3. The third kappa shape index (κ3) is 3.55. The van der Waals surface area contributed by atoms with Crippen LogP contribution in [0.4, 0.5) is 0 Å². The first-order chi connectivity index (χ1) is 10.4. The van der Waals surface area contributed by atoms with Crippen molar-refractivity contribution < 1.29 is 4.55 Å². The molecule has 0 bridgehead atoms. The van der Waals surface area contributed by atoms with E-state index in [1.165, 1.54) is 17.7 Å². The quantitative estimate of drug-likeness (QED) is 0.801. The molecule has 120 valence electrons. The van der Waals surface area contributed by atoms with Gasteiger partial charge in [0.2, 0.25) is 0 Å². The Morgan fingerprint density at radius 1 is 1.23 bits per heavy atom. The normalized spacial score (nSPS) is 29.0. The van der Waals surface area contributed by atoms with E-state index < -0.39 is 11.4 Å². The summed E-state index contributed by atoms with van der Waals surface area (Å²) < 4.78 is 16.6. The van der Waals surface area contributed by atoms with Crippen molar-refractivity contribution in [2.75, 3.05) is 13.1 Å². The van der Waals surface area contributed by atoms with Gasteiger partial charge in [-0.05, 0) is 45.1 Å². The lowest BCUT2D eigenvalue weighted by Gasteiger charge is -2.20. The van der Waals surface area contributed by atoms with Gasteiger partial charge in [0, 0.05) is 25.6 Å². The molecule has 3 nitrogen and oxygen atoms in total. The number of benzene rings is 1. The Hall–Kier alpha value is -0.840. The molecule has 0 spiro atoms. The van der Waals surface area contributed by atoms with Crippen LogP contribution in [0.1, 0.15) is 39.2 Å². The predicted octanol–water partition coefficient (Wildman–Crippen LogP) is 3.43. The highest BCUT2D eigenvalue weighted by Gasteiger charge is 2.42. The summed E-state index contributed by atoms with van der Waals surface area (Å²) >= 11 is -1.12. The molecular formula is C18H26N2OS. The van der Waals surface area contributed by atoms with E-state index in [2.05, 4.69) is 39.6 Å². The van der Waals surface area contributed by atoms with Crippen LogP contribution < -0.4 is 0 Å². The van der Waals surface area contributed by atoms with E-state index in [0.29, 0.717) is 11.8 Å². The molecule has 1 aliphatic carbocycles. The van der Waals surface area contributed by atoms with E-state index in [0.717, 1.165) is 26.1 Å². The smallest absolute Gasteiger partial charge is 0.144 e. The Kier molecular flexibility index (Phi) is 4.62. The van der Waals surface area contributed by atoms with E-state index in [9.17, 15) is 4.55 Å². The van der Waals surface area contributed by atoms with Gasteiger partial charge in [0.1, 0.15) is 16.1 Å². The first-order valence-electron chi connectivity index (χ1n) is 8.19. The van der Waals surface area contributed by atoms with Crippen molar-refractivity contribution in [2.24, 2.45) is 16.2 Å². The van der Waals surface area contributed by atoms with Crippen LogP contribution in [0.2, 0.25) is 0 Å². The minimum Gasteiger partial charge on any atom is -0.591 e. The fourth-order valence-electron chi connectivity index (χ4n) is 3.48. The van der Waals surface area contributed by atoms with Crippen LogP contribution in [0, 0.1) is 11.8 Å². The van der Waals surface area contributed by atoms with E-state index >= 15 is 0 Å². The summed E-state index contributed by atoms with van der Waals surface area (Å²) in [6, 6.07) is 10.7. The minimum atomic E-state index is -1.12. The zero-order valence-electron chi connectivity index (χ0n) is 13.8. The Bertz CT molecular complexity index is 538. The van der Waals surface area contributed by atoms with Crippen molar-refractivity contribution in [2.45, 2.75) is 44.9 Å². The molecule has 1 unspecified atom stereocenters. The summed E-state index contributed by atoms with van der Waals surface area (Å²) in [5.74, 6) is 1.23. The van der Waals surface area contributed by atoms with Crippen molar-refractivity contribution in [1.29, 1.82) is 0 Å². The fourth-order valence-corrected chi connectivity index (χ4v) is 4.19. The summed E-state index contributed by atoms with van der Waals surface area (Å²) in [5.41, 5.74) is 2.58. The second-order valence-electron chi connectivity index (χ2n) is 7.53. The largest absolute Gasteiger partial charge is 0.591 e. The van der Waals surface area contributed by atoms with Gasteiger partial charge in [0.05, 0.1) is 5.71 Å². The van der Waals surface area contributed by atoms with Crippen LogP contribution in [-0.2, 0) is 17.9 Å². The molecular weight excluding hydrogens is 292 g/mol. The lowest BCUT2D eigenvalue weighted by molar-refractivity contribution is 0.312. The first-order valence-corrected chi connectivity index (χ1v) is 9.30. The van der Waals surface area contributed by atoms with Crippen LogP contribution in [0.3, 0.4) is 0 Å². The van der Waals surface area contributed by atoms with Crippen molar-refractivity contribution in [3.05, 3.63) is 35.9 Å². The van der Waals surface area contributed by atoms with Crippen LogP contribution in [0.25, 0.3) is 0 Å². The summed E-state index contributed by atoms with van der Waals surface area (Å²) in [6.45, 7) is 9.23. The third-order valence-corrected chi connectivity index (χ3v) is 6.14. The topological polar surface area (TPSA) is 38.7 Å². The highest BCUT2D eigenvalue weighted by Crippen LogP contribution is 2.37. The third-order valence-electron chi connectivity index (χ3n) is 4.69. The van der Waals surface area contributed by atoms with Gasteiger partial charge in [-0.2, -0.15) is 0 Å². The van der Waals surface area contributed by atoms with Crippen LogP contribution >= 0.6 is 0 Å². The lowest BCUT2D eigenvalue weighted by atomic mass is 10.00. The van der Waals surface area contributed by atoms with E-state index in [1.807, 2.05) is 20.8 Å². The van der Waals surface area contributed by atoms with Crippen LogP contribution in [0.15, 0.2) is 34.7 Å². The van der Waals surface area contributed by atoms with Gasteiger partial charge in [-0.15, -0.1) is 0 Å². The summed E-state index contributed by atoms with van der Waals surface area (Å²) in [5, 5.41) is 0. The van der Waals surface area contributed by atoms with Gasteiger partial charge < -0.3 is 4.55 Å². The average molecular weight is 318 g/mol. The Morgan fingerprint density at radius 2 is 1.95 bits per heavy atom. The predicted molar refractivity (Wildman–Crippen MR) is 93.3 cm³/mol. The van der Waals surface area contributed by atoms with Crippen molar-refractivity contribution >= 4 is 17.1 Å². The standard InChI is InChI=1S/C18H26N2OS/c1-18(2,3)22(21)19-17-10-9-15-12-20(13-16(15)17)11-14-7-5-4-6-8-14/h4-8,15-16H,9-13H2,1-3H3/b19-17-/t15-,16+,22?/m1/s1. The van der Waals surface area contributed by atoms with Gasteiger partial charge in [-0.3, -0.25) is 4.90 Å². The number of likely N-dealkylation sites (tertiary alicyclic amines) is 1. The molecule has 3 rings (SSSR count). The molecule has 22 heavy (non-hydrogen) atoms. The molecule has 1 heterocycles. The summed E-state index contributed by atoms with van der Waals surface area (Å²) in [6.07, 6.45) is 2.24. The Labute approximate surface area is 137 Å². The maximum atomic E-state index is 12.3. The van der Waals surface area contributed by atoms with Gasteiger partial charge in [-0.25, -0.2) is 0 Å². The van der Waals surface area contributed by atoms with Crippen LogP contribution in [-0.4, -0.2) is 33.0 Å². The zero-order valence-corrected chi connectivity index (χ0v) is 14.6. The number of hydrogen-bond donors (Lipinski definition) is 0. The fraction of sp³-hybridized carbons (Fsp3) is 0.611. The first kappa shape index (κ1) is 16.0. The molecule has 1 saturated carbocycles. The monoisotopic (exact) mass is 318 g/mol. The molecule has 3 atom stereocenters. The van der Waals surface area contributed by atoms with E-state index in [1.54, 1.807) is 0 Å². The molecule has 1 saturated heterocycles. The number of nitrogens with zero attached hydrogens (tertiary/aromatic N) is 2.